The highest BCUT2D eigenvalue weighted by Gasteiger charge is 2.43. The number of nitrogens with zero attached hydrogens (tertiary/aromatic N) is 1. The van der Waals surface area contributed by atoms with Crippen LogP contribution in [0.15, 0.2) is 42.0 Å². The van der Waals surface area contributed by atoms with Gasteiger partial charge in [-0.15, -0.1) is 0 Å². The normalized spacial score (nSPS) is 26.7. The van der Waals surface area contributed by atoms with E-state index >= 15 is 4.39 Å². The smallest absolute Gasteiger partial charge is 0.332 e. The number of hydrogen-bond donors (Lipinski definition) is 1. The van der Waals surface area contributed by atoms with E-state index in [9.17, 15) is 9.59 Å². The zero-order valence-electron chi connectivity index (χ0n) is 27.3. The van der Waals surface area contributed by atoms with Gasteiger partial charge < -0.3 is 19.1 Å². The van der Waals surface area contributed by atoms with Gasteiger partial charge in [0, 0.05) is 29.3 Å². The van der Waals surface area contributed by atoms with Crippen molar-refractivity contribution in [3.63, 3.8) is 0 Å². The van der Waals surface area contributed by atoms with E-state index in [4.69, 9.17) is 25.8 Å². The minimum atomic E-state index is -0.454. The van der Waals surface area contributed by atoms with Gasteiger partial charge in [-0.05, 0) is 111 Å². The number of esters is 1. The summed E-state index contributed by atoms with van der Waals surface area (Å²) >= 11 is 7.66. The van der Waals surface area contributed by atoms with Gasteiger partial charge in [-0.2, -0.15) is 0 Å². The van der Waals surface area contributed by atoms with Gasteiger partial charge in [-0.3, -0.25) is 9.52 Å². The van der Waals surface area contributed by atoms with Crippen molar-refractivity contribution in [2.75, 3.05) is 37.8 Å². The van der Waals surface area contributed by atoms with Crippen LogP contribution in [0.4, 0.5) is 10.1 Å². The fourth-order valence-corrected chi connectivity index (χ4v) is 8.01. The average Bonchev–Trinajstić information content (AvgIpc) is 3.19. The summed E-state index contributed by atoms with van der Waals surface area (Å²) in [5.74, 6) is -0.0225. The molecule has 1 N–H and O–H groups in total. The quantitative estimate of drug-likeness (QED) is 0.197. The first-order valence-corrected chi connectivity index (χ1v) is 17.8. The summed E-state index contributed by atoms with van der Waals surface area (Å²) in [6.07, 6.45) is 7.60. The predicted molar refractivity (Wildman–Crippen MR) is 182 cm³/mol. The number of allylic oxidation sites excluding steroid dienone is 1. The molecule has 1 aliphatic carbocycles. The Morgan fingerprint density at radius 1 is 1.24 bits per heavy atom. The second kappa shape index (κ2) is 15.4. The molecule has 1 amide bonds. The Morgan fingerprint density at radius 3 is 2.85 bits per heavy atom. The van der Waals surface area contributed by atoms with E-state index in [1.807, 2.05) is 24.3 Å². The van der Waals surface area contributed by atoms with Crippen molar-refractivity contribution in [2.24, 2.45) is 5.92 Å². The fraction of sp³-hybridized carbons (Fsp3) is 0.556. The number of amides is 1. The van der Waals surface area contributed by atoms with E-state index in [2.05, 4.69) is 36.5 Å². The van der Waals surface area contributed by atoms with Gasteiger partial charge in [0.05, 0.1) is 30.0 Å². The maximum absolute atomic E-state index is 15.3. The van der Waals surface area contributed by atoms with E-state index in [-0.39, 0.29) is 46.6 Å². The van der Waals surface area contributed by atoms with Crippen molar-refractivity contribution in [1.29, 1.82) is 0 Å². The summed E-state index contributed by atoms with van der Waals surface area (Å²) in [5.41, 5.74) is 3.68. The molecule has 2 bridgehead atoms. The molecule has 2 aliphatic heterocycles. The lowest BCUT2D eigenvalue weighted by molar-refractivity contribution is -0.150. The number of hydrogen-bond acceptors (Lipinski definition) is 7. The van der Waals surface area contributed by atoms with Crippen molar-refractivity contribution in [3.8, 4) is 5.75 Å². The largest absolute Gasteiger partial charge is 0.490 e. The monoisotopic (exact) mass is 672 g/mol. The van der Waals surface area contributed by atoms with Gasteiger partial charge in [0.2, 0.25) is 0 Å². The Bertz CT molecular complexity index is 1450. The molecule has 2 aromatic carbocycles. The zero-order chi connectivity index (χ0) is 32.8. The molecule has 0 saturated heterocycles. The number of carbonyl (C=O) groups is 2. The summed E-state index contributed by atoms with van der Waals surface area (Å²) in [7, 11) is 0. The van der Waals surface area contributed by atoms with Crippen LogP contribution in [0, 0.1) is 11.7 Å². The number of carbonyl (C=O) groups excluding carboxylic acids is 2. The predicted octanol–water partition coefficient (Wildman–Crippen LogP) is 7.82. The highest BCUT2D eigenvalue weighted by atomic mass is 35.5. The Kier molecular flexibility index (Phi) is 11.6. The van der Waals surface area contributed by atoms with E-state index in [1.54, 1.807) is 13.0 Å². The highest BCUT2D eigenvalue weighted by Crippen LogP contribution is 2.45. The maximum Gasteiger partial charge on any atom is 0.332 e. The van der Waals surface area contributed by atoms with Crippen molar-refractivity contribution >= 4 is 41.1 Å². The molecule has 7 nitrogen and oxygen atoms in total. The van der Waals surface area contributed by atoms with Crippen LogP contribution >= 0.6 is 23.5 Å². The van der Waals surface area contributed by atoms with Crippen LogP contribution in [0.1, 0.15) is 87.7 Å². The molecular formula is C36H46ClFN2O5S. The lowest BCUT2D eigenvalue weighted by Crippen LogP contribution is -2.46. The molecule has 4 atom stereocenters. The number of ether oxygens (including phenoxy) is 3. The van der Waals surface area contributed by atoms with E-state index in [0.717, 1.165) is 55.3 Å². The highest BCUT2D eigenvalue weighted by molar-refractivity contribution is 7.98. The van der Waals surface area contributed by atoms with Crippen molar-refractivity contribution in [1.82, 2.24) is 4.72 Å². The van der Waals surface area contributed by atoms with Gasteiger partial charge in [-0.25, -0.2) is 9.18 Å². The summed E-state index contributed by atoms with van der Waals surface area (Å²) in [5, 5.41) is 0.340. The lowest BCUT2D eigenvalue weighted by Gasteiger charge is -2.41. The summed E-state index contributed by atoms with van der Waals surface area (Å²) in [4.78, 5) is 27.9. The number of halogens is 2. The minimum absolute atomic E-state index is 0.101. The van der Waals surface area contributed by atoms with Crippen molar-refractivity contribution in [2.45, 2.75) is 89.4 Å². The van der Waals surface area contributed by atoms with Crippen LogP contribution < -0.4 is 14.4 Å². The van der Waals surface area contributed by atoms with E-state index in [0.29, 0.717) is 49.6 Å². The summed E-state index contributed by atoms with van der Waals surface area (Å²) in [6, 6.07) is 9.25. The maximum atomic E-state index is 15.3. The molecule has 0 fully saturated rings. The molecule has 1 spiro atoms. The third-order valence-corrected chi connectivity index (χ3v) is 10.9. The van der Waals surface area contributed by atoms with Crippen LogP contribution in [0.2, 0.25) is 5.02 Å². The van der Waals surface area contributed by atoms with E-state index < -0.39 is 5.41 Å². The lowest BCUT2D eigenvalue weighted by atomic mass is 9.70. The molecule has 0 saturated carbocycles. The first-order valence-electron chi connectivity index (χ1n) is 16.5. The molecule has 10 heteroatoms. The van der Waals surface area contributed by atoms with Gasteiger partial charge in [0.1, 0.15) is 18.2 Å². The second-order valence-corrected chi connectivity index (χ2v) is 14.4. The topological polar surface area (TPSA) is 77.1 Å². The number of anilines is 1. The molecule has 3 aliphatic rings. The minimum Gasteiger partial charge on any atom is -0.490 e. The zero-order valence-corrected chi connectivity index (χ0v) is 28.9. The SMILES string of the molecule is CCOC(=O)COC1/C(C)=C/CCC(C)SNC(=O)c2ccc3c(c2)N(CCC1CC)CC1(CCCc2c1ccc(Cl)c2F)CO3. The van der Waals surface area contributed by atoms with Crippen molar-refractivity contribution in [3.05, 3.63) is 69.5 Å². The summed E-state index contributed by atoms with van der Waals surface area (Å²) in [6.45, 7) is 9.99. The fourth-order valence-electron chi connectivity index (χ4n) is 7.15. The number of rotatable bonds is 5. The Hall–Kier alpha value is -2.75. The van der Waals surface area contributed by atoms with Crippen LogP contribution in [-0.4, -0.2) is 56.1 Å². The van der Waals surface area contributed by atoms with Crippen LogP contribution in [-0.2, 0) is 26.1 Å². The van der Waals surface area contributed by atoms with Crippen LogP contribution in [0.25, 0.3) is 0 Å². The Morgan fingerprint density at radius 2 is 2.07 bits per heavy atom. The van der Waals surface area contributed by atoms with Crippen LogP contribution in [0.3, 0.4) is 0 Å². The Labute approximate surface area is 281 Å². The molecule has 0 aromatic heterocycles. The van der Waals surface area contributed by atoms with Gasteiger partial charge in [-0.1, -0.05) is 44.0 Å². The average molecular weight is 673 g/mol. The third-order valence-electron chi connectivity index (χ3n) is 9.66. The molecule has 46 heavy (non-hydrogen) atoms. The number of benzene rings is 2. The number of fused-ring (bicyclic) bond motifs is 3. The molecule has 2 heterocycles. The van der Waals surface area contributed by atoms with Crippen LogP contribution in [0.5, 0.6) is 5.75 Å². The second-order valence-electron chi connectivity index (χ2n) is 12.8. The van der Waals surface area contributed by atoms with E-state index in [1.165, 1.54) is 11.9 Å². The number of nitrogens with one attached hydrogen (secondary N) is 1. The molecule has 4 unspecified atom stereocenters. The summed E-state index contributed by atoms with van der Waals surface area (Å²) < 4.78 is 36.4. The van der Waals surface area contributed by atoms with Crippen molar-refractivity contribution < 1.29 is 28.2 Å². The van der Waals surface area contributed by atoms with Gasteiger partial charge >= 0.3 is 5.97 Å². The molecular weight excluding hydrogens is 627 g/mol. The first-order chi connectivity index (χ1) is 22.2. The molecule has 0 radical (unpaired) electrons. The molecule has 2 aromatic rings. The van der Waals surface area contributed by atoms with Gasteiger partial charge in [0.25, 0.3) is 5.91 Å². The molecule has 250 valence electrons. The standard InChI is InChI=1S/C36H46ClFN2O5S/c1-5-25-16-18-40-21-36(17-8-11-27-28(36)13-14-29(37)33(27)38)22-45-31-15-12-26(19-30(31)40)35(42)39-46-24(4)10-7-9-23(3)34(25)44-20-32(41)43-6-2/h9,12-15,19,24-25,34H,5-8,10-11,16-18,20-22H2,1-4H3,(H,39,42)/b23-9+. The molecule has 5 rings (SSSR count). The van der Waals surface area contributed by atoms with Gasteiger partial charge in [0.15, 0.2) is 0 Å². The first kappa shape index (κ1) is 34.6. The Balaban J connectivity index is 1.54. The third kappa shape index (κ3) is 7.69.